The molecule has 0 aromatic carbocycles. The number of hydrogen-bond donors (Lipinski definition) is 4. The second-order valence-corrected chi connectivity index (χ2v) is 4.23. The lowest BCUT2D eigenvalue weighted by molar-refractivity contribution is -0.139. The molecule has 1 aliphatic rings. The lowest BCUT2D eigenvalue weighted by atomic mass is 9.83. The average molecular weight is 244 g/mol. The van der Waals surface area contributed by atoms with Crippen molar-refractivity contribution in [2.75, 3.05) is 20.3 Å². The third-order valence-electron chi connectivity index (χ3n) is 3.21. The monoisotopic (exact) mass is 244 g/mol. The molecule has 0 heterocycles. The van der Waals surface area contributed by atoms with E-state index in [2.05, 4.69) is 10.3 Å². The second kappa shape index (κ2) is 6.68. The molecule has 6 heteroatoms. The summed E-state index contributed by atoms with van der Waals surface area (Å²) in [4.78, 5) is 14.9. The first kappa shape index (κ1) is 14.1. The Labute approximate surface area is 100 Å². The van der Waals surface area contributed by atoms with Crippen molar-refractivity contribution >= 4 is 11.7 Å². The molecule has 0 aromatic rings. The Kier molecular flexibility index (Phi) is 5.54. The number of aliphatic hydroxyl groups excluding tert-OH is 2. The first-order valence-corrected chi connectivity index (χ1v) is 5.82. The molecule has 17 heavy (non-hydrogen) atoms. The van der Waals surface area contributed by atoms with Gasteiger partial charge in [0.2, 0.25) is 0 Å². The number of aliphatic carboxylic acids is 1. The van der Waals surface area contributed by atoms with Gasteiger partial charge in [0, 0.05) is 17.7 Å². The number of carboxylic acid groups (broad SMARTS) is 1. The van der Waals surface area contributed by atoms with E-state index in [1.807, 2.05) is 7.05 Å². The molecule has 0 spiro atoms. The van der Waals surface area contributed by atoms with Crippen LogP contribution in [0.4, 0.5) is 0 Å². The van der Waals surface area contributed by atoms with Gasteiger partial charge in [-0.15, -0.1) is 0 Å². The lowest BCUT2D eigenvalue weighted by Gasteiger charge is -2.31. The summed E-state index contributed by atoms with van der Waals surface area (Å²) in [6.45, 7) is -0.566. The molecule has 1 fully saturated rings. The topological polar surface area (TPSA) is 102 Å². The Morgan fingerprint density at radius 3 is 2.76 bits per heavy atom. The predicted octanol–water partition coefficient (Wildman–Crippen LogP) is -0.747. The summed E-state index contributed by atoms with van der Waals surface area (Å²) >= 11 is 0. The van der Waals surface area contributed by atoms with Crippen LogP contribution in [0.3, 0.4) is 0 Å². The first-order valence-electron chi connectivity index (χ1n) is 5.82. The van der Waals surface area contributed by atoms with Gasteiger partial charge in [-0.05, 0) is 26.3 Å². The van der Waals surface area contributed by atoms with Crippen LogP contribution in [0.15, 0.2) is 4.99 Å². The maximum absolute atomic E-state index is 10.8. The zero-order valence-electron chi connectivity index (χ0n) is 9.96. The summed E-state index contributed by atoms with van der Waals surface area (Å²) in [6, 6.07) is -0.990. The van der Waals surface area contributed by atoms with Gasteiger partial charge >= 0.3 is 5.97 Å². The van der Waals surface area contributed by atoms with Gasteiger partial charge in [-0.3, -0.25) is 4.99 Å². The van der Waals surface area contributed by atoms with Gasteiger partial charge in [0.25, 0.3) is 0 Å². The fraction of sp³-hybridized carbons (Fsp3) is 0.818. The Hall–Kier alpha value is -0.980. The fourth-order valence-electron chi connectivity index (χ4n) is 2.23. The smallest absolute Gasteiger partial charge is 0.330 e. The van der Waals surface area contributed by atoms with E-state index in [1.54, 1.807) is 0 Å². The Morgan fingerprint density at radius 2 is 2.29 bits per heavy atom. The van der Waals surface area contributed by atoms with Gasteiger partial charge in [0.1, 0.15) is 0 Å². The van der Waals surface area contributed by atoms with Crippen molar-refractivity contribution in [3.63, 3.8) is 0 Å². The quantitative estimate of drug-likeness (QED) is 0.510. The molecule has 2 unspecified atom stereocenters. The minimum absolute atomic E-state index is 0.0535. The van der Waals surface area contributed by atoms with Crippen LogP contribution in [-0.4, -0.2) is 59.3 Å². The van der Waals surface area contributed by atoms with Crippen molar-refractivity contribution in [3.8, 4) is 0 Å². The van der Waals surface area contributed by atoms with Crippen LogP contribution in [0.5, 0.6) is 0 Å². The number of carboxylic acids is 1. The van der Waals surface area contributed by atoms with E-state index in [4.69, 9.17) is 10.2 Å². The third kappa shape index (κ3) is 3.49. The molecule has 4 N–H and O–H groups in total. The minimum Gasteiger partial charge on any atom is -0.480 e. The molecule has 0 radical (unpaired) electrons. The lowest BCUT2D eigenvalue weighted by Crippen LogP contribution is -2.44. The van der Waals surface area contributed by atoms with Crippen LogP contribution < -0.4 is 5.32 Å². The molecule has 3 atom stereocenters. The van der Waals surface area contributed by atoms with E-state index < -0.39 is 18.6 Å². The highest BCUT2D eigenvalue weighted by Gasteiger charge is 2.30. The summed E-state index contributed by atoms with van der Waals surface area (Å²) < 4.78 is 0. The van der Waals surface area contributed by atoms with Gasteiger partial charge in [0.05, 0.1) is 13.2 Å². The van der Waals surface area contributed by atoms with E-state index in [9.17, 15) is 9.90 Å². The molecule has 1 rings (SSSR count). The van der Waals surface area contributed by atoms with Gasteiger partial charge in [-0.1, -0.05) is 0 Å². The number of nitrogens with one attached hydrogen (secondary N) is 1. The molecule has 1 saturated carbocycles. The molecule has 0 saturated heterocycles. The molecule has 6 nitrogen and oxygen atoms in total. The fourth-order valence-corrected chi connectivity index (χ4v) is 2.23. The van der Waals surface area contributed by atoms with Gasteiger partial charge in [-0.25, -0.2) is 4.79 Å². The summed E-state index contributed by atoms with van der Waals surface area (Å²) in [5.74, 6) is -1.29. The van der Waals surface area contributed by atoms with Gasteiger partial charge in [-0.2, -0.15) is 0 Å². The average Bonchev–Trinajstić information content (AvgIpc) is 2.34. The number of hydrogen-bond acceptors (Lipinski definition) is 5. The maximum Gasteiger partial charge on any atom is 0.330 e. The summed E-state index contributed by atoms with van der Waals surface area (Å²) in [7, 11) is 1.82. The summed E-state index contributed by atoms with van der Waals surface area (Å²) in [6.07, 6.45) is 2.55. The Bertz CT molecular complexity index is 293. The number of aliphatic imine (C=N–C) groups is 1. The highest BCUT2D eigenvalue weighted by molar-refractivity contribution is 5.90. The van der Waals surface area contributed by atoms with E-state index in [1.165, 1.54) is 0 Å². The van der Waals surface area contributed by atoms with Crippen LogP contribution >= 0.6 is 0 Å². The SMILES string of the molecule is CNC1CCC/C(=N/[C@@H](CO)C(=O)O)C1CO. The second-order valence-electron chi connectivity index (χ2n) is 4.23. The predicted molar refractivity (Wildman–Crippen MR) is 63.2 cm³/mol. The van der Waals surface area contributed by atoms with Crippen LogP contribution in [0, 0.1) is 5.92 Å². The first-order chi connectivity index (χ1) is 8.13. The molecule has 98 valence electrons. The largest absolute Gasteiger partial charge is 0.480 e. The highest BCUT2D eigenvalue weighted by atomic mass is 16.4. The maximum atomic E-state index is 10.8. The van der Waals surface area contributed by atoms with Crippen molar-refractivity contribution in [2.24, 2.45) is 10.9 Å². The van der Waals surface area contributed by atoms with Crippen molar-refractivity contribution in [2.45, 2.75) is 31.3 Å². The molecule has 0 bridgehead atoms. The molecule has 0 amide bonds. The van der Waals surface area contributed by atoms with Crippen LogP contribution in [0.2, 0.25) is 0 Å². The normalized spacial score (nSPS) is 29.2. The van der Waals surface area contributed by atoms with E-state index in [0.29, 0.717) is 12.1 Å². The number of carbonyl (C=O) groups is 1. The van der Waals surface area contributed by atoms with E-state index in [-0.39, 0.29) is 18.6 Å². The Morgan fingerprint density at radius 1 is 1.59 bits per heavy atom. The van der Waals surface area contributed by atoms with Gasteiger partial charge < -0.3 is 20.6 Å². The third-order valence-corrected chi connectivity index (χ3v) is 3.21. The minimum atomic E-state index is -1.14. The van der Waals surface area contributed by atoms with Crippen molar-refractivity contribution in [3.05, 3.63) is 0 Å². The molecule has 0 aliphatic heterocycles. The molecule has 1 aliphatic carbocycles. The summed E-state index contributed by atoms with van der Waals surface area (Å²) in [5, 5.41) is 30.2. The van der Waals surface area contributed by atoms with Crippen LogP contribution in [-0.2, 0) is 4.79 Å². The standard InChI is InChI=1S/C11H20N2O4/c1-12-8-3-2-4-9(7(8)5-14)13-10(6-15)11(16)17/h7-8,10,12,14-15H,2-6H2,1H3,(H,16,17)/b13-9-/t7?,8?,10-/m0/s1. The summed E-state index contributed by atoms with van der Waals surface area (Å²) in [5.41, 5.74) is 0.694. The number of aliphatic hydroxyl groups is 2. The van der Waals surface area contributed by atoms with Crippen LogP contribution in [0.1, 0.15) is 19.3 Å². The van der Waals surface area contributed by atoms with E-state index >= 15 is 0 Å². The van der Waals surface area contributed by atoms with Gasteiger partial charge in [0.15, 0.2) is 6.04 Å². The molecule has 0 aromatic heterocycles. The van der Waals surface area contributed by atoms with Crippen molar-refractivity contribution in [1.82, 2.24) is 5.32 Å². The molecular weight excluding hydrogens is 224 g/mol. The zero-order chi connectivity index (χ0) is 12.8. The number of rotatable bonds is 5. The van der Waals surface area contributed by atoms with Crippen LogP contribution in [0.25, 0.3) is 0 Å². The Balaban J connectivity index is 2.85. The molecular formula is C11H20N2O4. The van der Waals surface area contributed by atoms with E-state index in [0.717, 1.165) is 12.8 Å². The van der Waals surface area contributed by atoms with Crippen molar-refractivity contribution in [1.29, 1.82) is 0 Å². The van der Waals surface area contributed by atoms with Crippen molar-refractivity contribution < 1.29 is 20.1 Å². The zero-order valence-corrected chi connectivity index (χ0v) is 9.96. The highest BCUT2D eigenvalue weighted by Crippen LogP contribution is 2.22. The number of nitrogens with zero attached hydrogens (tertiary/aromatic N) is 1.